The van der Waals surface area contributed by atoms with E-state index in [1.54, 1.807) is 7.05 Å². The van der Waals surface area contributed by atoms with Gasteiger partial charge in [0.1, 0.15) is 11.6 Å². The molecule has 1 atom stereocenters. The van der Waals surface area contributed by atoms with Crippen LogP contribution < -0.4 is 31.6 Å². The molecule has 1 aliphatic carbocycles. The molecule has 1 amide bonds. The van der Waals surface area contributed by atoms with Crippen LogP contribution in [0.25, 0.3) is 11.1 Å². The van der Waals surface area contributed by atoms with E-state index in [1.807, 2.05) is 15.9 Å². The van der Waals surface area contributed by atoms with E-state index in [-0.39, 0.29) is 28.7 Å². The van der Waals surface area contributed by atoms with Crippen molar-refractivity contribution in [3.8, 4) is 16.9 Å². The van der Waals surface area contributed by atoms with E-state index in [4.69, 9.17) is 11.5 Å². The Morgan fingerprint density at radius 1 is 1.02 bits per heavy atom. The van der Waals surface area contributed by atoms with Gasteiger partial charge < -0.3 is 26.0 Å². The number of alkyl halides is 3. The van der Waals surface area contributed by atoms with Crippen LogP contribution in [-0.2, 0) is 18.3 Å². The van der Waals surface area contributed by atoms with E-state index in [9.17, 15) is 22.8 Å². The van der Waals surface area contributed by atoms with Crippen LogP contribution in [0.1, 0.15) is 49.3 Å². The largest absolute Gasteiger partial charge is 0.573 e. The molecule has 2 aliphatic heterocycles. The third-order valence-electron chi connectivity index (χ3n) is 9.02. The Kier molecular flexibility index (Phi) is 6.91. The molecule has 9 nitrogen and oxygen atoms in total. The van der Waals surface area contributed by atoms with Crippen LogP contribution in [0.5, 0.6) is 5.75 Å². The number of anilines is 3. The summed E-state index contributed by atoms with van der Waals surface area (Å²) in [6.07, 6.45) is 0.135. The molecule has 1 aromatic heterocycles. The first-order valence-corrected chi connectivity index (χ1v) is 14.1. The monoisotopic (exact) mass is 582 g/mol. The van der Waals surface area contributed by atoms with Crippen molar-refractivity contribution in [3.63, 3.8) is 0 Å². The zero-order valence-corrected chi connectivity index (χ0v) is 23.3. The SMILES string of the molecule is Cn1c(N2CCC3(CC2)Cc2ccc(N4CCCCC4=O)cc2[C@H]3N)nc(N)c(-c2ccc(OC(F)(F)F)cc2)c1=O. The number of amides is 1. The van der Waals surface area contributed by atoms with Gasteiger partial charge in [-0.3, -0.25) is 14.2 Å². The van der Waals surface area contributed by atoms with Gasteiger partial charge in [-0.25, -0.2) is 0 Å². The molecule has 42 heavy (non-hydrogen) atoms. The fourth-order valence-corrected chi connectivity index (χ4v) is 6.72. The summed E-state index contributed by atoms with van der Waals surface area (Å²) in [5.41, 5.74) is 16.3. The van der Waals surface area contributed by atoms with Crippen molar-refractivity contribution >= 4 is 23.4 Å². The van der Waals surface area contributed by atoms with Crippen molar-refractivity contribution in [3.05, 3.63) is 63.9 Å². The van der Waals surface area contributed by atoms with E-state index < -0.39 is 17.7 Å². The Balaban J connectivity index is 1.19. The first-order valence-electron chi connectivity index (χ1n) is 14.1. The molecule has 6 rings (SSSR count). The van der Waals surface area contributed by atoms with Gasteiger partial charge in [0, 0.05) is 44.8 Å². The first-order chi connectivity index (χ1) is 20.0. The number of benzene rings is 2. The molecule has 3 aromatic rings. The van der Waals surface area contributed by atoms with Gasteiger partial charge in [0.05, 0.1) is 5.56 Å². The summed E-state index contributed by atoms with van der Waals surface area (Å²) in [4.78, 5) is 34.3. The lowest BCUT2D eigenvalue weighted by molar-refractivity contribution is -0.274. The van der Waals surface area contributed by atoms with Gasteiger partial charge in [0.25, 0.3) is 5.56 Å². The smallest absolute Gasteiger partial charge is 0.406 e. The number of halogens is 3. The fourth-order valence-electron chi connectivity index (χ4n) is 6.72. The molecule has 0 radical (unpaired) electrons. The van der Waals surface area contributed by atoms with E-state index in [2.05, 4.69) is 21.9 Å². The summed E-state index contributed by atoms with van der Waals surface area (Å²) in [6, 6.07) is 11.0. The first kappa shape index (κ1) is 28.1. The Morgan fingerprint density at radius 2 is 1.74 bits per heavy atom. The molecule has 3 heterocycles. The maximum Gasteiger partial charge on any atom is 0.573 e. The van der Waals surface area contributed by atoms with Crippen LogP contribution in [0, 0.1) is 5.41 Å². The predicted molar refractivity (Wildman–Crippen MR) is 153 cm³/mol. The standard InChI is InChI=1S/C30H33F3N6O3/c1-37-27(41)24(18-6-9-21(10-7-18)42-30(31,32)33)26(35)36-28(37)38-14-11-29(12-15-38)17-19-5-8-20(16-22(19)25(29)34)39-13-3-2-4-23(39)40/h5-10,16,25H,2-4,11-15,17,34-35H2,1H3/t25-/m1/s1. The second-order valence-corrected chi connectivity index (χ2v) is 11.5. The molecule has 1 spiro atoms. The molecule has 2 aromatic carbocycles. The number of carbonyl (C=O) groups is 1. The zero-order chi connectivity index (χ0) is 29.8. The van der Waals surface area contributed by atoms with Gasteiger partial charge in [0.15, 0.2) is 0 Å². The molecule has 4 N–H and O–H groups in total. The minimum Gasteiger partial charge on any atom is -0.406 e. The molecule has 0 bridgehead atoms. The number of hydrogen-bond donors (Lipinski definition) is 2. The number of rotatable bonds is 4. The van der Waals surface area contributed by atoms with Gasteiger partial charge in [-0.15, -0.1) is 13.2 Å². The number of ether oxygens (including phenoxy) is 1. The van der Waals surface area contributed by atoms with Crippen LogP contribution in [0.2, 0.25) is 0 Å². The summed E-state index contributed by atoms with van der Waals surface area (Å²) >= 11 is 0. The average Bonchev–Trinajstić information content (AvgIpc) is 3.22. The van der Waals surface area contributed by atoms with Crippen LogP contribution in [0.4, 0.5) is 30.6 Å². The number of aromatic nitrogens is 2. The van der Waals surface area contributed by atoms with Crippen LogP contribution in [0.3, 0.4) is 0 Å². The molecule has 2 saturated heterocycles. The Hall–Kier alpha value is -4.06. The Bertz CT molecular complexity index is 1580. The fraction of sp³-hybridized carbons (Fsp3) is 0.433. The molecular formula is C30H33F3N6O3. The van der Waals surface area contributed by atoms with Crippen LogP contribution >= 0.6 is 0 Å². The van der Waals surface area contributed by atoms with Crippen molar-refractivity contribution in [2.45, 2.75) is 50.9 Å². The molecule has 3 aliphatic rings. The number of nitrogens with zero attached hydrogens (tertiary/aromatic N) is 4. The van der Waals surface area contributed by atoms with E-state index >= 15 is 0 Å². The quantitative estimate of drug-likeness (QED) is 0.471. The second kappa shape index (κ2) is 10.3. The lowest BCUT2D eigenvalue weighted by Gasteiger charge is -2.42. The highest BCUT2D eigenvalue weighted by molar-refractivity contribution is 5.94. The van der Waals surface area contributed by atoms with Gasteiger partial charge in [-0.2, -0.15) is 4.98 Å². The maximum absolute atomic E-state index is 13.4. The van der Waals surface area contributed by atoms with Gasteiger partial charge >= 0.3 is 6.36 Å². The van der Waals surface area contributed by atoms with Crippen LogP contribution in [-0.4, -0.2) is 41.5 Å². The molecule has 2 fully saturated rings. The third kappa shape index (κ3) is 4.97. The molecule has 0 unspecified atom stereocenters. The third-order valence-corrected chi connectivity index (χ3v) is 9.02. The summed E-state index contributed by atoms with van der Waals surface area (Å²) in [5, 5.41) is 0. The number of nitrogens with two attached hydrogens (primary N) is 2. The Labute approximate surface area is 240 Å². The van der Waals surface area contributed by atoms with E-state index in [0.29, 0.717) is 31.0 Å². The number of fused-ring (bicyclic) bond motifs is 1. The van der Waals surface area contributed by atoms with Gasteiger partial charge in [-0.05, 0) is 78.5 Å². The summed E-state index contributed by atoms with van der Waals surface area (Å²) in [6.45, 7) is 1.99. The minimum absolute atomic E-state index is 0.00244. The summed E-state index contributed by atoms with van der Waals surface area (Å²) < 4.78 is 42.9. The highest BCUT2D eigenvalue weighted by Crippen LogP contribution is 2.51. The minimum atomic E-state index is -4.81. The topological polar surface area (TPSA) is 120 Å². The van der Waals surface area contributed by atoms with Crippen LogP contribution in [0.15, 0.2) is 47.3 Å². The van der Waals surface area contributed by atoms with Gasteiger partial charge in [-0.1, -0.05) is 18.2 Å². The normalized spacial score (nSPS) is 20.2. The van der Waals surface area contributed by atoms with Crippen molar-refractivity contribution in [1.29, 1.82) is 0 Å². The molecule has 12 heteroatoms. The van der Waals surface area contributed by atoms with E-state index in [0.717, 1.165) is 62.0 Å². The molecular weight excluding hydrogens is 549 g/mol. The molecule has 222 valence electrons. The highest BCUT2D eigenvalue weighted by atomic mass is 19.4. The predicted octanol–water partition coefficient (Wildman–Crippen LogP) is 4.29. The lowest BCUT2D eigenvalue weighted by Crippen LogP contribution is -2.46. The summed E-state index contributed by atoms with van der Waals surface area (Å²) in [5.74, 6) is 0.203. The Morgan fingerprint density at radius 3 is 2.40 bits per heavy atom. The van der Waals surface area contributed by atoms with Gasteiger partial charge in [0.2, 0.25) is 11.9 Å². The molecule has 0 saturated carbocycles. The van der Waals surface area contributed by atoms with E-state index in [1.165, 1.54) is 22.3 Å². The van der Waals surface area contributed by atoms with Crippen molar-refractivity contribution in [1.82, 2.24) is 9.55 Å². The second-order valence-electron chi connectivity index (χ2n) is 11.5. The number of hydrogen-bond acceptors (Lipinski definition) is 7. The number of piperidine rings is 2. The maximum atomic E-state index is 13.4. The number of carbonyl (C=O) groups excluding carboxylic acids is 1. The average molecular weight is 583 g/mol. The summed E-state index contributed by atoms with van der Waals surface area (Å²) in [7, 11) is 1.61. The highest BCUT2D eigenvalue weighted by Gasteiger charge is 2.46. The zero-order valence-electron chi connectivity index (χ0n) is 23.3. The van der Waals surface area contributed by atoms with Crippen molar-refractivity contribution in [2.75, 3.05) is 35.2 Å². The van der Waals surface area contributed by atoms with Crippen molar-refractivity contribution in [2.24, 2.45) is 18.2 Å². The number of nitrogen functional groups attached to an aromatic ring is 1. The van der Waals surface area contributed by atoms with Crippen molar-refractivity contribution < 1.29 is 22.7 Å². The lowest BCUT2D eigenvalue weighted by atomic mass is 9.73.